The van der Waals surface area contributed by atoms with Crippen molar-refractivity contribution in [3.05, 3.63) is 115 Å². The molecule has 0 radical (unpaired) electrons. The highest BCUT2D eigenvalue weighted by Gasteiger charge is 2.36. The van der Waals surface area contributed by atoms with Crippen LogP contribution in [0.3, 0.4) is 0 Å². The monoisotopic (exact) mass is 582 g/mol. The summed E-state index contributed by atoms with van der Waals surface area (Å²) >= 11 is 0. The number of carboxylic acids is 1. The molecule has 2 N–H and O–H groups in total. The Morgan fingerprint density at radius 3 is 2.09 bits per heavy atom. The molecule has 1 unspecified atom stereocenters. The summed E-state index contributed by atoms with van der Waals surface area (Å²) in [6.07, 6.45) is 1.67. The van der Waals surface area contributed by atoms with Gasteiger partial charge in [0.25, 0.3) is 0 Å². The number of urea groups is 1. The Bertz CT molecular complexity index is 1450. The van der Waals surface area contributed by atoms with Gasteiger partial charge in [-0.1, -0.05) is 61.5 Å². The number of hydrogen-bond donors (Lipinski definition) is 2. The largest absolute Gasteiger partial charge is 0.494 e. The third kappa shape index (κ3) is 9.53. The minimum Gasteiger partial charge on any atom is -0.494 e. The van der Waals surface area contributed by atoms with Crippen LogP contribution in [0.1, 0.15) is 32.3 Å². The molecule has 2 amide bonds. The SMILES string of the molecule is CCCN(CCCOc1ccc(CC(C)(Oc2ccccc2)C(=O)O)cc1)C(=O)Nc1cccc(Oc2ccccc2)c1. The summed E-state index contributed by atoms with van der Waals surface area (Å²) < 4.78 is 17.6. The normalized spacial score (nSPS) is 12.0. The van der Waals surface area contributed by atoms with Crippen LogP contribution in [0.25, 0.3) is 0 Å². The maximum Gasteiger partial charge on any atom is 0.348 e. The molecular weight excluding hydrogens is 544 g/mol. The molecule has 4 rings (SSSR count). The molecule has 8 heteroatoms. The first-order chi connectivity index (χ1) is 20.8. The van der Waals surface area contributed by atoms with E-state index < -0.39 is 11.6 Å². The summed E-state index contributed by atoms with van der Waals surface area (Å²) in [6, 6.07) is 32.9. The van der Waals surface area contributed by atoms with E-state index in [2.05, 4.69) is 5.32 Å². The molecule has 224 valence electrons. The van der Waals surface area contributed by atoms with Crippen LogP contribution < -0.4 is 19.5 Å². The van der Waals surface area contributed by atoms with Crippen molar-refractivity contribution in [1.29, 1.82) is 0 Å². The number of anilines is 1. The van der Waals surface area contributed by atoms with Gasteiger partial charge in [-0.15, -0.1) is 0 Å². The Labute approximate surface area is 252 Å². The van der Waals surface area contributed by atoms with Gasteiger partial charge in [0.1, 0.15) is 23.0 Å². The highest BCUT2D eigenvalue weighted by atomic mass is 16.5. The van der Waals surface area contributed by atoms with E-state index in [0.29, 0.717) is 49.1 Å². The summed E-state index contributed by atoms with van der Waals surface area (Å²) in [4.78, 5) is 26.8. The number of aliphatic carboxylic acids is 1. The predicted molar refractivity (Wildman–Crippen MR) is 167 cm³/mol. The standard InChI is InChI=1S/C35H38N2O6/c1-3-22-37(34(40)36-28-12-10-17-32(25-28)42-30-13-6-4-7-14-30)23-11-24-41-29-20-18-27(19-21-29)26-35(2,33(38)39)43-31-15-8-5-9-16-31/h4-10,12-21,25H,3,11,22-24,26H2,1-2H3,(H,36,40)(H,38,39). The van der Waals surface area contributed by atoms with Crippen molar-refractivity contribution in [2.75, 3.05) is 25.0 Å². The highest BCUT2D eigenvalue weighted by molar-refractivity contribution is 5.89. The molecule has 0 heterocycles. The van der Waals surface area contributed by atoms with Crippen LogP contribution in [0.15, 0.2) is 109 Å². The smallest absolute Gasteiger partial charge is 0.348 e. The minimum atomic E-state index is -1.41. The van der Waals surface area contributed by atoms with Crippen LogP contribution in [0.5, 0.6) is 23.0 Å². The summed E-state index contributed by atoms with van der Waals surface area (Å²) in [6.45, 7) is 5.18. The summed E-state index contributed by atoms with van der Waals surface area (Å²) in [7, 11) is 0. The topological polar surface area (TPSA) is 97.3 Å². The number of nitrogens with zero attached hydrogens (tertiary/aromatic N) is 1. The van der Waals surface area contributed by atoms with E-state index in [1.54, 1.807) is 42.2 Å². The second-order valence-electron chi connectivity index (χ2n) is 10.3. The van der Waals surface area contributed by atoms with E-state index in [1.165, 1.54) is 0 Å². The van der Waals surface area contributed by atoms with Crippen molar-refractivity contribution >= 4 is 17.7 Å². The van der Waals surface area contributed by atoms with Crippen molar-refractivity contribution in [3.63, 3.8) is 0 Å². The van der Waals surface area contributed by atoms with Crippen molar-refractivity contribution in [1.82, 2.24) is 4.90 Å². The molecule has 0 fully saturated rings. The van der Waals surface area contributed by atoms with Gasteiger partial charge in [-0.05, 0) is 73.9 Å². The van der Waals surface area contributed by atoms with Gasteiger partial charge in [0.05, 0.1) is 6.61 Å². The Hall–Kier alpha value is -4.98. The van der Waals surface area contributed by atoms with Gasteiger partial charge in [-0.25, -0.2) is 9.59 Å². The van der Waals surface area contributed by atoms with Crippen molar-refractivity contribution in [2.24, 2.45) is 0 Å². The van der Waals surface area contributed by atoms with Crippen molar-refractivity contribution < 1.29 is 28.9 Å². The van der Waals surface area contributed by atoms with Crippen LogP contribution in [0, 0.1) is 0 Å². The molecule has 0 bridgehead atoms. The number of ether oxygens (including phenoxy) is 3. The average molecular weight is 583 g/mol. The Morgan fingerprint density at radius 2 is 1.44 bits per heavy atom. The van der Waals surface area contributed by atoms with Gasteiger partial charge in [0.15, 0.2) is 0 Å². The van der Waals surface area contributed by atoms with E-state index in [1.807, 2.05) is 85.8 Å². The van der Waals surface area contributed by atoms with Gasteiger partial charge < -0.3 is 29.5 Å². The van der Waals surface area contributed by atoms with Gasteiger partial charge >= 0.3 is 12.0 Å². The molecule has 0 aliphatic rings. The van der Waals surface area contributed by atoms with Gasteiger partial charge in [-0.2, -0.15) is 0 Å². The summed E-state index contributed by atoms with van der Waals surface area (Å²) in [5.74, 6) is 1.51. The quantitative estimate of drug-likeness (QED) is 0.140. The first kappa shape index (κ1) is 31.0. The van der Waals surface area contributed by atoms with E-state index in [-0.39, 0.29) is 12.5 Å². The number of benzene rings is 4. The lowest BCUT2D eigenvalue weighted by Crippen LogP contribution is -2.43. The zero-order valence-corrected chi connectivity index (χ0v) is 24.6. The summed E-state index contributed by atoms with van der Waals surface area (Å²) in [5, 5.41) is 12.8. The number of hydrogen-bond acceptors (Lipinski definition) is 5. The maximum absolute atomic E-state index is 13.0. The third-order valence-electron chi connectivity index (χ3n) is 6.69. The van der Waals surface area contributed by atoms with Gasteiger partial charge in [0, 0.05) is 31.3 Å². The van der Waals surface area contributed by atoms with Gasteiger partial charge in [-0.3, -0.25) is 0 Å². The first-order valence-electron chi connectivity index (χ1n) is 14.4. The predicted octanol–water partition coefficient (Wildman–Crippen LogP) is 7.66. The van der Waals surface area contributed by atoms with E-state index >= 15 is 0 Å². The molecule has 8 nitrogen and oxygen atoms in total. The second kappa shape index (κ2) is 15.3. The average Bonchev–Trinajstić information content (AvgIpc) is 3.00. The van der Waals surface area contributed by atoms with Crippen LogP contribution in [0.4, 0.5) is 10.5 Å². The number of para-hydroxylation sites is 2. The Morgan fingerprint density at radius 1 is 0.791 bits per heavy atom. The fourth-order valence-corrected chi connectivity index (χ4v) is 4.49. The molecule has 0 spiro atoms. The number of carbonyl (C=O) groups is 2. The fourth-order valence-electron chi connectivity index (χ4n) is 4.49. The minimum absolute atomic E-state index is 0.178. The molecule has 0 aliphatic carbocycles. The first-order valence-corrected chi connectivity index (χ1v) is 14.4. The molecule has 4 aromatic carbocycles. The Balaban J connectivity index is 1.25. The molecule has 0 saturated carbocycles. The summed E-state index contributed by atoms with van der Waals surface area (Å²) in [5.41, 5.74) is 0.0600. The molecule has 1 atom stereocenters. The zero-order chi connectivity index (χ0) is 30.5. The van der Waals surface area contributed by atoms with Gasteiger partial charge in [0.2, 0.25) is 5.60 Å². The number of nitrogens with one attached hydrogen (secondary N) is 1. The molecule has 0 saturated heterocycles. The molecular formula is C35H38N2O6. The van der Waals surface area contributed by atoms with E-state index in [0.717, 1.165) is 17.7 Å². The molecule has 0 aliphatic heterocycles. The van der Waals surface area contributed by atoms with Crippen LogP contribution in [0.2, 0.25) is 0 Å². The number of amides is 2. The fraction of sp³-hybridized carbons (Fsp3) is 0.257. The molecule has 0 aromatic heterocycles. The third-order valence-corrected chi connectivity index (χ3v) is 6.69. The van der Waals surface area contributed by atoms with E-state index in [9.17, 15) is 14.7 Å². The molecule has 43 heavy (non-hydrogen) atoms. The zero-order valence-electron chi connectivity index (χ0n) is 24.6. The highest BCUT2D eigenvalue weighted by Crippen LogP contribution is 2.25. The van der Waals surface area contributed by atoms with Crippen LogP contribution in [-0.2, 0) is 11.2 Å². The van der Waals surface area contributed by atoms with Crippen LogP contribution in [-0.4, -0.2) is 47.3 Å². The lowest BCUT2D eigenvalue weighted by molar-refractivity contribution is -0.153. The lowest BCUT2D eigenvalue weighted by atomic mass is 9.96. The maximum atomic E-state index is 13.0. The van der Waals surface area contributed by atoms with E-state index in [4.69, 9.17) is 14.2 Å². The Kier molecular flexibility index (Phi) is 11.0. The number of carbonyl (C=O) groups excluding carboxylic acids is 1. The van der Waals surface area contributed by atoms with Crippen LogP contribution >= 0.6 is 0 Å². The molecule has 4 aromatic rings. The number of carboxylic acid groups (broad SMARTS) is 1. The van der Waals surface area contributed by atoms with Crippen molar-refractivity contribution in [2.45, 2.75) is 38.7 Å². The second-order valence-corrected chi connectivity index (χ2v) is 10.3. The number of rotatable bonds is 15. The van der Waals surface area contributed by atoms with Crippen molar-refractivity contribution in [3.8, 4) is 23.0 Å². The lowest BCUT2D eigenvalue weighted by Gasteiger charge is -2.26.